The maximum Gasteiger partial charge on any atom is 0.303 e. The molecule has 1 aromatic rings. The molecule has 7 nitrogen and oxygen atoms in total. The minimum absolute atomic E-state index is 0.0632. The molecule has 0 saturated heterocycles. The van der Waals surface area contributed by atoms with Crippen LogP contribution in [0.15, 0.2) is 35.2 Å². The summed E-state index contributed by atoms with van der Waals surface area (Å²) >= 11 is 0. The molecule has 0 heterocycles. The normalized spacial score (nSPS) is 10.2. The summed E-state index contributed by atoms with van der Waals surface area (Å²) in [6, 6.07) is 7.42. The minimum Gasteiger partial charge on any atom is -0.481 e. The predicted octanol–water partition coefficient (Wildman–Crippen LogP) is 1.26. The lowest BCUT2D eigenvalue weighted by molar-refractivity contribution is -0.138. The Kier molecular flexibility index (Phi) is 7.39. The lowest BCUT2D eigenvalue weighted by Gasteiger charge is -1.92. The van der Waals surface area contributed by atoms with Gasteiger partial charge in [0.25, 0.3) is 10.1 Å². The maximum atomic E-state index is 10.4. The monoisotopic (exact) mass is 290 g/mol. The second kappa shape index (κ2) is 8.22. The van der Waals surface area contributed by atoms with E-state index in [4.69, 9.17) is 14.8 Å². The highest BCUT2D eigenvalue weighted by atomic mass is 32.2. The summed E-state index contributed by atoms with van der Waals surface area (Å²) < 4.78 is 29.2. The van der Waals surface area contributed by atoms with E-state index in [9.17, 15) is 18.0 Å². The molecule has 0 saturated carbocycles. The smallest absolute Gasteiger partial charge is 0.303 e. The first-order valence-electron chi connectivity index (χ1n) is 5.19. The molecule has 0 aliphatic carbocycles. The summed E-state index contributed by atoms with van der Waals surface area (Å²) in [5, 5.41) is 16.1. The third kappa shape index (κ3) is 9.74. The number of hydrogen-bond donors (Lipinski definition) is 3. The molecule has 3 N–H and O–H groups in total. The van der Waals surface area contributed by atoms with Gasteiger partial charge in [-0.1, -0.05) is 18.2 Å². The van der Waals surface area contributed by atoms with Crippen LogP contribution >= 0.6 is 0 Å². The molecule has 0 bridgehead atoms. The fourth-order valence-electron chi connectivity index (χ4n) is 0.983. The van der Waals surface area contributed by atoms with Crippen LogP contribution in [0.1, 0.15) is 19.3 Å². The Morgan fingerprint density at radius 3 is 1.63 bits per heavy atom. The standard InChI is InChI=1S/C6H6O3S.C5H8O4/c7-10(8,9)6-4-2-1-3-5-6;6-4(7)2-1-3-5(8)9/h1-5H,(H,7,8,9);1-3H2,(H,6,7)(H,8,9). The van der Waals surface area contributed by atoms with Crippen molar-refractivity contribution in [3.05, 3.63) is 30.3 Å². The van der Waals surface area contributed by atoms with Crippen LogP contribution in [0.5, 0.6) is 0 Å². The molecule has 0 amide bonds. The van der Waals surface area contributed by atoms with Crippen molar-refractivity contribution in [2.24, 2.45) is 0 Å². The Bertz CT molecular complexity index is 493. The minimum atomic E-state index is -4.00. The van der Waals surface area contributed by atoms with E-state index in [0.717, 1.165) is 0 Å². The molecule has 0 atom stereocenters. The summed E-state index contributed by atoms with van der Waals surface area (Å²) in [5.74, 6) is -1.90. The van der Waals surface area contributed by atoms with Crippen LogP contribution in [0, 0.1) is 0 Å². The quantitative estimate of drug-likeness (QED) is 0.696. The molecule has 0 unspecified atom stereocenters. The van der Waals surface area contributed by atoms with Crippen LogP contribution in [0.2, 0.25) is 0 Å². The lowest BCUT2D eigenvalue weighted by atomic mass is 10.2. The van der Waals surface area contributed by atoms with Crippen LogP contribution in [0.25, 0.3) is 0 Å². The van der Waals surface area contributed by atoms with Crippen LogP contribution in [0.3, 0.4) is 0 Å². The van der Waals surface area contributed by atoms with Crippen molar-refractivity contribution in [3.8, 4) is 0 Å². The number of rotatable bonds is 5. The Morgan fingerprint density at radius 2 is 1.37 bits per heavy atom. The molecule has 1 rings (SSSR count). The second-order valence-corrected chi connectivity index (χ2v) is 4.85. The highest BCUT2D eigenvalue weighted by Gasteiger charge is 2.05. The summed E-state index contributed by atoms with van der Waals surface area (Å²) in [4.78, 5) is 19.5. The molecule has 8 heteroatoms. The Hall–Kier alpha value is -1.93. The van der Waals surface area contributed by atoms with Gasteiger partial charge in [-0.3, -0.25) is 14.1 Å². The fraction of sp³-hybridized carbons (Fsp3) is 0.273. The van der Waals surface area contributed by atoms with Crippen LogP contribution in [-0.4, -0.2) is 35.1 Å². The summed E-state index contributed by atoms with van der Waals surface area (Å²) in [6.45, 7) is 0. The van der Waals surface area contributed by atoms with Crippen molar-refractivity contribution >= 4 is 22.1 Å². The summed E-state index contributed by atoms with van der Waals surface area (Å²) in [5.41, 5.74) is 0. The zero-order chi connectivity index (χ0) is 14.9. The van der Waals surface area contributed by atoms with Gasteiger partial charge in [-0.15, -0.1) is 0 Å². The van der Waals surface area contributed by atoms with Crippen molar-refractivity contribution in [2.45, 2.75) is 24.2 Å². The van der Waals surface area contributed by atoms with E-state index in [1.54, 1.807) is 18.2 Å². The van der Waals surface area contributed by atoms with E-state index in [1.807, 2.05) is 0 Å². The average molecular weight is 290 g/mol. The zero-order valence-electron chi connectivity index (χ0n) is 9.89. The Morgan fingerprint density at radius 1 is 0.947 bits per heavy atom. The average Bonchev–Trinajstić information content (AvgIpc) is 2.29. The fourth-order valence-corrected chi connectivity index (χ4v) is 1.48. The molecule has 0 aliphatic heterocycles. The van der Waals surface area contributed by atoms with Gasteiger partial charge in [0.15, 0.2) is 0 Å². The largest absolute Gasteiger partial charge is 0.481 e. The lowest BCUT2D eigenvalue weighted by Crippen LogP contribution is -1.98. The molecule has 106 valence electrons. The number of aliphatic carboxylic acids is 2. The van der Waals surface area contributed by atoms with Crippen LogP contribution in [0.4, 0.5) is 0 Å². The number of carboxylic acids is 2. The van der Waals surface area contributed by atoms with Gasteiger partial charge in [-0.05, 0) is 18.6 Å². The van der Waals surface area contributed by atoms with Crippen LogP contribution in [-0.2, 0) is 19.7 Å². The van der Waals surface area contributed by atoms with E-state index < -0.39 is 22.1 Å². The van der Waals surface area contributed by atoms with Gasteiger partial charge in [-0.25, -0.2) is 0 Å². The van der Waals surface area contributed by atoms with Gasteiger partial charge in [0.1, 0.15) is 0 Å². The predicted molar refractivity (Wildman–Crippen MR) is 65.4 cm³/mol. The highest BCUT2D eigenvalue weighted by molar-refractivity contribution is 7.85. The van der Waals surface area contributed by atoms with Crippen molar-refractivity contribution in [2.75, 3.05) is 0 Å². The van der Waals surface area contributed by atoms with E-state index in [-0.39, 0.29) is 24.2 Å². The topological polar surface area (TPSA) is 129 Å². The van der Waals surface area contributed by atoms with Gasteiger partial charge < -0.3 is 10.2 Å². The molecular formula is C11H14O7S. The number of carboxylic acid groups (broad SMARTS) is 2. The van der Waals surface area contributed by atoms with Crippen LogP contribution < -0.4 is 0 Å². The van der Waals surface area contributed by atoms with Gasteiger partial charge in [0.2, 0.25) is 0 Å². The number of carbonyl (C=O) groups is 2. The summed E-state index contributed by atoms with van der Waals surface area (Å²) in [6.07, 6.45) is 0.0866. The van der Waals surface area contributed by atoms with Gasteiger partial charge in [0, 0.05) is 12.8 Å². The maximum absolute atomic E-state index is 10.4. The molecule has 0 spiro atoms. The number of hydrogen-bond acceptors (Lipinski definition) is 4. The molecule has 0 aliphatic rings. The Balaban J connectivity index is 0.000000344. The third-order valence-corrected chi connectivity index (χ3v) is 2.69. The third-order valence-electron chi connectivity index (χ3n) is 1.82. The van der Waals surface area contributed by atoms with E-state index in [2.05, 4.69) is 0 Å². The van der Waals surface area contributed by atoms with E-state index in [1.165, 1.54) is 12.1 Å². The van der Waals surface area contributed by atoms with E-state index in [0.29, 0.717) is 0 Å². The first kappa shape index (κ1) is 17.1. The van der Waals surface area contributed by atoms with Gasteiger partial charge >= 0.3 is 11.9 Å². The van der Waals surface area contributed by atoms with Gasteiger partial charge in [-0.2, -0.15) is 8.42 Å². The zero-order valence-corrected chi connectivity index (χ0v) is 10.7. The molecule has 1 aromatic carbocycles. The van der Waals surface area contributed by atoms with Crippen molar-refractivity contribution < 1.29 is 32.8 Å². The van der Waals surface area contributed by atoms with Crippen molar-refractivity contribution in [3.63, 3.8) is 0 Å². The first-order valence-corrected chi connectivity index (χ1v) is 6.63. The summed E-state index contributed by atoms with van der Waals surface area (Å²) in [7, 11) is -4.00. The van der Waals surface area contributed by atoms with Crippen molar-refractivity contribution in [1.82, 2.24) is 0 Å². The highest BCUT2D eigenvalue weighted by Crippen LogP contribution is 2.05. The van der Waals surface area contributed by atoms with Crippen molar-refractivity contribution in [1.29, 1.82) is 0 Å². The Labute approximate surface area is 110 Å². The SMILES string of the molecule is O=C(O)CCCC(=O)O.O=S(=O)(O)c1ccccc1. The van der Waals surface area contributed by atoms with E-state index >= 15 is 0 Å². The molecule has 0 fully saturated rings. The molecule has 19 heavy (non-hydrogen) atoms. The van der Waals surface area contributed by atoms with Gasteiger partial charge in [0.05, 0.1) is 4.90 Å². The number of benzene rings is 1. The second-order valence-electron chi connectivity index (χ2n) is 3.43. The molecular weight excluding hydrogens is 276 g/mol. The first-order chi connectivity index (χ1) is 8.73. The molecule has 0 radical (unpaired) electrons. The molecule has 0 aromatic heterocycles.